The van der Waals surface area contributed by atoms with Crippen molar-refractivity contribution in [1.82, 2.24) is 14.5 Å². The number of nitrogens with zero attached hydrogens (tertiary/aromatic N) is 3. The Morgan fingerprint density at radius 1 is 1.24 bits per heavy atom. The lowest BCUT2D eigenvalue weighted by Crippen LogP contribution is -2.14. The molecule has 0 saturated heterocycles. The molecule has 1 N–H and O–H groups in total. The van der Waals surface area contributed by atoms with Crippen molar-refractivity contribution in [3.8, 4) is 23.3 Å². The zero-order valence-electron chi connectivity index (χ0n) is 16.2. The Morgan fingerprint density at radius 3 is 2.72 bits per heavy atom. The monoisotopic (exact) mass is 411 g/mol. The number of pyridine rings is 1. The van der Waals surface area contributed by atoms with Crippen LogP contribution in [0.25, 0.3) is 5.69 Å². The maximum Gasteiger partial charge on any atom is 0.232 e. The highest BCUT2D eigenvalue weighted by molar-refractivity contribution is 7.91. The highest BCUT2D eigenvalue weighted by Gasteiger charge is 2.23. The van der Waals surface area contributed by atoms with Crippen molar-refractivity contribution in [2.75, 3.05) is 12.4 Å². The second kappa shape index (κ2) is 8.90. The van der Waals surface area contributed by atoms with Crippen LogP contribution in [-0.4, -0.2) is 40.4 Å². The summed E-state index contributed by atoms with van der Waals surface area (Å²) in [6, 6.07) is 8.95. The fourth-order valence-corrected chi connectivity index (χ4v) is 3.71. The van der Waals surface area contributed by atoms with Gasteiger partial charge in [-0.25, -0.2) is 13.4 Å². The van der Waals surface area contributed by atoms with Crippen LogP contribution < -0.4 is 4.74 Å². The van der Waals surface area contributed by atoms with E-state index in [0.717, 1.165) is 11.1 Å². The molecule has 29 heavy (non-hydrogen) atoms. The van der Waals surface area contributed by atoms with Crippen molar-refractivity contribution in [3.05, 3.63) is 65.7 Å². The smallest absolute Gasteiger partial charge is 0.232 e. The van der Waals surface area contributed by atoms with Gasteiger partial charge in [0.15, 0.2) is 0 Å². The van der Waals surface area contributed by atoms with E-state index in [-0.39, 0.29) is 24.1 Å². The van der Waals surface area contributed by atoms with Crippen LogP contribution in [0, 0.1) is 18.8 Å². The molecule has 0 aliphatic rings. The first-order valence-electron chi connectivity index (χ1n) is 8.99. The number of hydrogen-bond acceptors (Lipinski definition) is 6. The fraction of sp³-hybridized carbons (Fsp3) is 0.238. The maximum atomic E-state index is 12.5. The molecule has 0 radical (unpaired) electrons. The van der Waals surface area contributed by atoms with Gasteiger partial charge in [-0.2, -0.15) is 0 Å². The van der Waals surface area contributed by atoms with Gasteiger partial charge < -0.3 is 9.84 Å². The fourth-order valence-electron chi connectivity index (χ4n) is 2.74. The molecule has 2 aromatic heterocycles. The van der Waals surface area contributed by atoms with Gasteiger partial charge in [0, 0.05) is 11.8 Å². The summed E-state index contributed by atoms with van der Waals surface area (Å²) in [5.74, 6) is 6.06. The molecule has 0 fully saturated rings. The van der Waals surface area contributed by atoms with Crippen molar-refractivity contribution in [2.24, 2.45) is 0 Å². The summed E-state index contributed by atoms with van der Waals surface area (Å²) < 4.78 is 32.4. The molecular formula is C21H21N3O4S. The Labute approximate surface area is 169 Å². The van der Waals surface area contributed by atoms with Gasteiger partial charge in [-0.1, -0.05) is 18.8 Å². The van der Waals surface area contributed by atoms with Gasteiger partial charge in [-0.3, -0.25) is 9.55 Å². The lowest BCUT2D eigenvalue weighted by molar-refractivity contribution is 0.298. The molecule has 8 heteroatoms. The predicted octanol–water partition coefficient (Wildman–Crippen LogP) is 2.29. The van der Waals surface area contributed by atoms with Crippen LogP contribution in [0.4, 0.5) is 0 Å². The molecule has 1 aromatic carbocycles. The summed E-state index contributed by atoms with van der Waals surface area (Å²) in [6.07, 6.45) is 4.71. The number of benzene rings is 1. The molecule has 0 atom stereocenters. The Kier molecular flexibility index (Phi) is 6.32. The SMILES string of the molecule is CCS(=O)(=O)c1ncc(COc2ccc(C#CCO)c(C)c2)n1-c1cccnc1. The number of rotatable bonds is 6. The number of aliphatic hydroxyl groups excluding tert-OH is 1. The molecule has 0 aliphatic carbocycles. The number of sulfone groups is 1. The molecule has 0 saturated carbocycles. The average molecular weight is 411 g/mol. The van der Waals surface area contributed by atoms with Gasteiger partial charge in [-0.15, -0.1) is 0 Å². The summed E-state index contributed by atoms with van der Waals surface area (Å²) in [5, 5.41) is 8.80. The Hall–Kier alpha value is -3.15. The van der Waals surface area contributed by atoms with E-state index in [4.69, 9.17) is 9.84 Å². The van der Waals surface area contributed by atoms with E-state index in [2.05, 4.69) is 21.8 Å². The van der Waals surface area contributed by atoms with E-state index < -0.39 is 9.84 Å². The number of ether oxygens (including phenoxy) is 1. The third-order valence-electron chi connectivity index (χ3n) is 4.25. The van der Waals surface area contributed by atoms with Crippen LogP contribution in [0.15, 0.2) is 54.1 Å². The number of imidazole rings is 1. The maximum absolute atomic E-state index is 12.5. The molecule has 7 nitrogen and oxygen atoms in total. The highest BCUT2D eigenvalue weighted by Crippen LogP contribution is 2.22. The minimum Gasteiger partial charge on any atom is -0.487 e. The van der Waals surface area contributed by atoms with Crippen LogP contribution in [0.3, 0.4) is 0 Å². The van der Waals surface area contributed by atoms with Gasteiger partial charge in [0.1, 0.15) is 19.0 Å². The van der Waals surface area contributed by atoms with Gasteiger partial charge in [0.2, 0.25) is 15.0 Å². The summed E-state index contributed by atoms with van der Waals surface area (Å²) in [7, 11) is -3.53. The lowest BCUT2D eigenvalue weighted by Gasteiger charge is -2.13. The highest BCUT2D eigenvalue weighted by atomic mass is 32.2. The zero-order chi connectivity index (χ0) is 20.9. The molecule has 3 rings (SSSR count). The molecule has 0 aliphatic heterocycles. The Morgan fingerprint density at radius 2 is 2.07 bits per heavy atom. The third-order valence-corrected chi connectivity index (χ3v) is 5.86. The van der Waals surface area contributed by atoms with Crippen molar-refractivity contribution in [1.29, 1.82) is 0 Å². The number of aliphatic hydroxyl groups is 1. The normalized spacial score (nSPS) is 11.0. The number of hydrogen-bond donors (Lipinski definition) is 1. The van der Waals surface area contributed by atoms with Gasteiger partial charge >= 0.3 is 0 Å². The molecule has 150 valence electrons. The second-order valence-corrected chi connectivity index (χ2v) is 8.38. The quantitative estimate of drug-likeness (QED) is 0.626. The van der Waals surface area contributed by atoms with Crippen LogP contribution in [-0.2, 0) is 16.4 Å². The van der Waals surface area contributed by atoms with Crippen LogP contribution in [0.2, 0.25) is 0 Å². The Balaban J connectivity index is 1.91. The van der Waals surface area contributed by atoms with Crippen molar-refractivity contribution in [3.63, 3.8) is 0 Å². The topological polar surface area (TPSA) is 94.3 Å². The molecule has 0 amide bonds. The van der Waals surface area contributed by atoms with E-state index >= 15 is 0 Å². The third kappa shape index (κ3) is 4.65. The van der Waals surface area contributed by atoms with Crippen molar-refractivity contribution < 1.29 is 18.3 Å². The number of aryl methyl sites for hydroxylation is 1. The van der Waals surface area contributed by atoms with E-state index in [9.17, 15) is 8.42 Å². The minimum atomic E-state index is -3.53. The lowest BCUT2D eigenvalue weighted by atomic mass is 10.1. The average Bonchev–Trinajstić information content (AvgIpc) is 3.17. The van der Waals surface area contributed by atoms with Gasteiger partial charge in [0.05, 0.1) is 29.5 Å². The van der Waals surface area contributed by atoms with Gasteiger partial charge in [0.25, 0.3) is 0 Å². The van der Waals surface area contributed by atoms with E-state index in [0.29, 0.717) is 17.1 Å². The van der Waals surface area contributed by atoms with Crippen molar-refractivity contribution >= 4 is 9.84 Å². The molecular weight excluding hydrogens is 390 g/mol. The first-order valence-corrected chi connectivity index (χ1v) is 10.6. The first kappa shape index (κ1) is 20.6. The summed E-state index contributed by atoms with van der Waals surface area (Å²) in [5.41, 5.74) is 2.91. The molecule has 0 unspecified atom stereocenters. The second-order valence-electron chi connectivity index (χ2n) is 6.21. The van der Waals surface area contributed by atoms with E-state index in [1.54, 1.807) is 42.1 Å². The Bertz CT molecular complexity index is 1160. The predicted molar refractivity (Wildman–Crippen MR) is 109 cm³/mol. The van der Waals surface area contributed by atoms with Crippen LogP contribution >= 0.6 is 0 Å². The molecule has 0 bridgehead atoms. The van der Waals surface area contributed by atoms with Crippen LogP contribution in [0.5, 0.6) is 5.75 Å². The summed E-state index contributed by atoms with van der Waals surface area (Å²) in [6.45, 7) is 3.42. The summed E-state index contributed by atoms with van der Waals surface area (Å²) >= 11 is 0. The van der Waals surface area contributed by atoms with Crippen molar-refractivity contribution in [2.45, 2.75) is 25.6 Å². The molecule has 3 aromatic rings. The largest absolute Gasteiger partial charge is 0.487 e. The van der Waals surface area contributed by atoms with Crippen LogP contribution in [0.1, 0.15) is 23.7 Å². The van der Waals surface area contributed by atoms with Gasteiger partial charge in [-0.05, 0) is 42.8 Å². The van der Waals surface area contributed by atoms with E-state index in [1.165, 1.54) is 6.20 Å². The zero-order valence-corrected chi connectivity index (χ0v) is 17.0. The summed E-state index contributed by atoms with van der Waals surface area (Å²) in [4.78, 5) is 8.22. The minimum absolute atomic E-state index is 0.0302. The standard InChI is InChI=1S/C21H21N3O4S/c1-3-29(26,27)21-23-14-19(24(21)18-7-4-10-22-13-18)15-28-20-9-8-17(6-5-11-25)16(2)12-20/h4,7-10,12-14,25H,3,11,15H2,1-2H3. The molecule has 0 spiro atoms. The molecule has 2 heterocycles. The number of aromatic nitrogens is 3. The van der Waals surface area contributed by atoms with E-state index in [1.807, 2.05) is 19.1 Å². The first-order chi connectivity index (χ1) is 14.0.